The Morgan fingerprint density at radius 2 is 2.00 bits per heavy atom. The average molecular weight is 333 g/mol. The number of benzene rings is 2. The molecule has 3 rings (SSSR count). The van der Waals surface area contributed by atoms with Crippen molar-refractivity contribution in [1.82, 2.24) is 0 Å². The van der Waals surface area contributed by atoms with Crippen LogP contribution in [0.1, 0.15) is 23.5 Å². The molecule has 122 valence electrons. The van der Waals surface area contributed by atoms with Gasteiger partial charge in [-0.3, -0.25) is 4.79 Å². The summed E-state index contributed by atoms with van der Waals surface area (Å²) in [7, 11) is 1.57. The Labute approximate surface area is 142 Å². The number of aryl methyl sites for hydroxylation is 1. The predicted molar refractivity (Wildman–Crippen MR) is 95.3 cm³/mol. The molecule has 2 aromatic rings. The Kier molecular flexibility index (Phi) is 5.16. The van der Waals surface area contributed by atoms with E-state index in [0.29, 0.717) is 23.0 Å². The van der Waals surface area contributed by atoms with Crippen molar-refractivity contribution in [1.29, 1.82) is 0 Å². The van der Waals surface area contributed by atoms with Gasteiger partial charge in [0.15, 0.2) is 0 Å². The standard InChI is InChI=1S/C18H20N2O2.ClH/c1-11-5-3-4-6-13(11)14-10-15(14)18(21)20-12-7-8-17(22-2)16(19)9-12;/h3-9,14-15H,10,19H2,1-2H3,(H,20,21);1H. The third kappa shape index (κ3) is 3.59. The maximum Gasteiger partial charge on any atom is 0.228 e. The van der Waals surface area contributed by atoms with Crippen LogP contribution >= 0.6 is 12.4 Å². The number of amides is 1. The Morgan fingerprint density at radius 3 is 2.65 bits per heavy atom. The molecule has 5 heteroatoms. The van der Waals surface area contributed by atoms with Gasteiger partial charge in [-0.2, -0.15) is 0 Å². The smallest absolute Gasteiger partial charge is 0.228 e. The van der Waals surface area contributed by atoms with Crippen molar-refractivity contribution in [3.05, 3.63) is 53.6 Å². The zero-order chi connectivity index (χ0) is 15.7. The third-order valence-electron chi connectivity index (χ3n) is 4.21. The summed E-state index contributed by atoms with van der Waals surface area (Å²) < 4.78 is 5.12. The highest BCUT2D eigenvalue weighted by Gasteiger charge is 2.44. The van der Waals surface area contributed by atoms with Gasteiger partial charge in [-0.25, -0.2) is 0 Å². The van der Waals surface area contributed by atoms with Gasteiger partial charge in [-0.1, -0.05) is 24.3 Å². The molecule has 0 heterocycles. The summed E-state index contributed by atoms with van der Waals surface area (Å²) in [6.07, 6.45) is 0.905. The third-order valence-corrected chi connectivity index (χ3v) is 4.21. The molecule has 0 spiro atoms. The van der Waals surface area contributed by atoms with Crippen molar-refractivity contribution in [2.45, 2.75) is 19.3 Å². The zero-order valence-electron chi connectivity index (χ0n) is 13.2. The zero-order valence-corrected chi connectivity index (χ0v) is 14.0. The molecular formula is C18H21ClN2O2. The highest BCUT2D eigenvalue weighted by molar-refractivity contribution is 5.95. The molecule has 0 bridgehead atoms. The summed E-state index contributed by atoms with van der Waals surface area (Å²) in [4.78, 5) is 12.4. The molecular weight excluding hydrogens is 312 g/mol. The molecule has 2 atom stereocenters. The van der Waals surface area contributed by atoms with Crippen LogP contribution in [0.4, 0.5) is 11.4 Å². The molecule has 23 heavy (non-hydrogen) atoms. The summed E-state index contributed by atoms with van der Waals surface area (Å²) >= 11 is 0. The second-order valence-corrected chi connectivity index (χ2v) is 5.75. The number of nitrogen functional groups attached to an aromatic ring is 1. The molecule has 1 saturated carbocycles. The lowest BCUT2D eigenvalue weighted by atomic mass is 10.0. The largest absolute Gasteiger partial charge is 0.495 e. The second kappa shape index (κ2) is 6.92. The van der Waals surface area contributed by atoms with E-state index in [2.05, 4.69) is 24.4 Å². The number of hydrogen-bond donors (Lipinski definition) is 2. The molecule has 4 nitrogen and oxygen atoms in total. The first kappa shape index (κ1) is 17.2. The van der Waals surface area contributed by atoms with Crippen LogP contribution in [0, 0.1) is 12.8 Å². The number of halogens is 1. The van der Waals surface area contributed by atoms with E-state index < -0.39 is 0 Å². The molecule has 2 unspecified atom stereocenters. The van der Waals surface area contributed by atoms with Crippen LogP contribution in [0.3, 0.4) is 0 Å². The first-order valence-electron chi connectivity index (χ1n) is 7.40. The molecule has 1 fully saturated rings. The monoisotopic (exact) mass is 332 g/mol. The number of ether oxygens (including phenoxy) is 1. The van der Waals surface area contributed by atoms with Crippen LogP contribution in [0.5, 0.6) is 5.75 Å². The summed E-state index contributed by atoms with van der Waals surface area (Å²) in [5.41, 5.74) is 9.61. The van der Waals surface area contributed by atoms with Gasteiger partial charge in [0.1, 0.15) is 5.75 Å². The number of carbonyl (C=O) groups excluding carboxylic acids is 1. The maximum atomic E-state index is 12.4. The highest BCUT2D eigenvalue weighted by Crippen LogP contribution is 2.49. The average Bonchev–Trinajstić information content (AvgIpc) is 3.28. The Morgan fingerprint density at radius 1 is 1.26 bits per heavy atom. The fourth-order valence-electron chi connectivity index (χ4n) is 2.88. The van der Waals surface area contributed by atoms with E-state index in [9.17, 15) is 4.79 Å². The fraction of sp³-hybridized carbons (Fsp3) is 0.278. The van der Waals surface area contributed by atoms with E-state index in [1.165, 1.54) is 11.1 Å². The number of hydrogen-bond acceptors (Lipinski definition) is 3. The van der Waals surface area contributed by atoms with Crippen LogP contribution in [-0.2, 0) is 4.79 Å². The number of methoxy groups -OCH3 is 1. The van der Waals surface area contributed by atoms with Crippen molar-refractivity contribution in [3.63, 3.8) is 0 Å². The lowest BCUT2D eigenvalue weighted by Crippen LogP contribution is -2.14. The van der Waals surface area contributed by atoms with Crippen molar-refractivity contribution in [2.24, 2.45) is 5.92 Å². The van der Waals surface area contributed by atoms with Crippen LogP contribution in [0.2, 0.25) is 0 Å². The van der Waals surface area contributed by atoms with Gasteiger partial charge in [-0.15, -0.1) is 12.4 Å². The minimum Gasteiger partial charge on any atom is -0.495 e. The van der Waals surface area contributed by atoms with Crippen LogP contribution in [0.15, 0.2) is 42.5 Å². The van der Waals surface area contributed by atoms with Crippen LogP contribution in [0.25, 0.3) is 0 Å². The summed E-state index contributed by atoms with van der Waals surface area (Å²) in [6.45, 7) is 2.09. The van der Waals surface area contributed by atoms with E-state index in [0.717, 1.165) is 6.42 Å². The minimum absolute atomic E-state index is 0. The number of rotatable bonds is 4. The SMILES string of the molecule is COc1ccc(NC(=O)C2CC2c2ccccc2C)cc1N.Cl. The van der Waals surface area contributed by atoms with E-state index >= 15 is 0 Å². The van der Waals surface area contributed by atoms with Gasteiger partial charge in [0, 0.05) is 11.6 Å². The maximum absolute atomic E-state index is 12.4. The number of carbonyl (C=O) groups is 1. The van der Waals surface area contributed by atoms with E-state index in [1.54, 1.807) is 25.3 Å². The second-order valence-electron chi connectivity index (χ2n) is 5.75. The molecule has 0 saturated heterocycles. The number of anilines is 2. The topological polar surface area (TPSA) is 64.3 Å². The summed E-state index contributed by atoms with van der Waals surface area (Å²) in [6, 6.07) is 13.5. The summed E-state index contributed by atoms with van der Waals surface area (Å²) in [5.74, 6) is 1.04. The highest BCUT2D eigenvalue weighted by atomic mass is 35.5. The molecule has 2 aromatic carbocycles. The molecule has 0 radical (unpaired) electrons. The number of nitrogens with one attached hydrogen (secondary N) is 1. The van der Waals surface area contributed by atoms with Crippen molar-refractivity contribution in [3.8, 4) is 5.75 Å². The van der Waals surface area contributed by atoms with Crippen molar-refractivity contribution in [2.75, 3.05) is 18.2 Å². The minimum atomic E-state index is 0. The lowest BCUT2D eigenvalue weighted by molar-refractivity contribution is -0.117. The Bertz CT molecular complexity index is 718. The molecule has 1 aliphatic rings. The molecule has 1 amide bonds. The van der Waals surface area contributed by atoms with Gasteiger partial charge in [0.2, 0.25) is 5.91 Å². The van der Waals surface area contributed by atoms with E-state index in [4.69, 9.17) is 10.5 Å². The predicted octanol–water partition coefficient (Wildman–Crippen LogP) is 3.75. The van der Waals surface area contributed by atoms with Gasteiger partial charge < -0.3 is 15.8 Å². The summed E-state index contributed by atoms with van der Waals surface area (Å²) in [5, 5.41) is 2.94. The lowest BCUT2D eigenvalue weighted by Gasteiger charge is -2.09. The Balaban J connectivity index is 0.00000192. The van der Waals surface area contributed by atoms with Gasteiger partial charge in [0.05, 0.1) is 12.8 Å². The van der Waals surface area contributed by atoms with Crippen molar-refractivity contribution >= 4 is 29.7 Å². The van der Waals surface area contributed by atoms with Gasteiger partial charge >= 0.3 is 0 Å². The van der Waals surface area contributed by atoms with E-state index in [-0.39, 0.29) is 24.2 Å². The molecule has 0 aliphatic heterocycles. The fourth-order valence-corrected chi connectivity index (χ4v) is 2.88. The Hall–Kier alpha value is -2.20. The normalized spacial score (nSPS) is 18.7. The van der Waals surface area contributed by atoms with Crippen LogP contribution in [-0.4, -0.2) is 13.0 Å². The van der Waals surface area contributed by atoms with Crippen LogP contribution < -0.4 is 15.8 Å². The molecule has 1 aliphatic carbocycles. The van der Waals surface area contributed by atoms with E-state index in [1.807, 2.05) is 12.1 Å². The van der Waals surface area contributed by atoms with Gasteiger partial charge in [0.25, 0.3) is 0 Å². The molecule has 0 aromatic heterocycles. The van der Waals surface area contributed by atoms with Gasteiger partial charge in [-0.05, 0) is 48.6 Å². The first-order valence-corrected chi connectivity index (χ1v) is 7.40. The quantitative estimate of drug-likeness (QED) is 0.838. The van der Waals surface area contributed by atoms with Crippen molar-refractivity contribution < 1.29 is 9.53 Å². The number of nitrogens with two attached hydrogens (primary N) is 1. The molecule has 3 N–H and O–H groups in total. The first-order chi connectivity index (χ1) is 10.6.